The number of nitro benzene ring substituents is 2. The quantitative estimate of drug-likeness (QED) is 0.665. The van der Waals surface area contributed by atoms with Crippen molar-refractivity contribution in [3.8, 4) is 0 Å². The van der Waals surface area contributed by atoms with Crippen molar-refractivity contribution in [3.63, 3.8) is 0 Å². The Labute approximate surface area is 133 Å². The van der Waals surface area contributed by atoms with Gasteiger partial charge in [-0.15, -0.1) is 0 Å². The van der Waals surface area contributed by atoms with Gasteiger partial charge in [-0.05, 0) is 38.3 Å². The highest BCUT2D eigenvalue weighted by Gasteiger charge is 2.25. The average molecular weight is 318 g/mol. The van der Waals surface area contributed by atoms with Crippen LogP contribution >= 0.6 is 0 Å². The van der Waals surface area contributed by atoms with Crippen molar-refractivity contribution in [2.45, 2.75) is 33.6 Å². The van der Waals surface area contributed by atoms with Crippen molar-refractivity contribution in [2.75, 3.05) is 5.43 Å². The number of hydrogen-bond donors (Lipinski definition) is 1. The highest BCUT2D eigenvalue weighted by atomic mass is 16.6. The first kappa shape index (κ1) is 16.6. The Morgan fingerprint density at radius 3 is 2.52 bits per heavy atom. The average Bonchev–Trinajstić information content (AvgIpc) is 2.85. The van der Waals surface area contributed by atoms with Crippen LogP contribution in [0.2, 0.25) is 0 Å². The van der Waals surface area contributed by atoms with Crippen molar-refractivity contribution < 1.29 is 9.85 Å². The lowest BCUT2D eigenvalue weighted by atomic mass is 10.1. The summed E-state index contributed by atoms with van der Waals surface area (Å²) in [6, 6.07) is 3.46. The van der Waals surface area contributed by atoms with E-state index in [1.165, 1.54) is 17.7 Å². The molecule has 0 bridgehead atoms. The SMILES string of the molecule is CC(C)=C1CCC(C)C1=NNc1ccc([N+](=O)[O-])cc1[N+](=O)[O-]. The minimum atomic E-state index is -0.664. The number of allylic oxidation sites excluding steroid dienone is 2. The lowest BCUT2D eigenvalue weighted by molar-refractivity contribution is -0.393. The van der Waals surface area contributed by atoms with Crippen LogP contribution in [0.25, 0.3) is 0 Å². The molecule has 8 nitrogen and oxygen atoms in total. The summed E-state index contributed by atoms with van der Waals surface area (Å²) in [7, 11) is 0. The van der Waals surface area contributed by atoms with E-state index in [0.29, 0.717) is 0 Å². The maximum Gasteiger partial charge on any atom is 0.301 e. The zero-order chi connectivity index (χ0) is 17.1. The second kappa shape index (κ2) is 6.55. The molecule has 2 rings (SSSR count). The fourth-order valence-corrected chi connectivity index (χ4v) is 2.61. The first-order valence-electron chi connectivity index (χ1n) is 7.24. The summed E-state index contributed by atoms with van der Waals surface area (Å²) in [6.07, 6.45) is 1.93. The Balaban J connectivity index is 2.37. The third-order valence-corrected chi connectivity index (χ3v) is 3.89. The molecule has 0 spiro atoms. The van der Waals surface area contributed by atoms with Gasteiger partial charge in [-0.2, -0.15) is 5.10 Å². The molecule has 0 amide bonds. The van der Waals surface area contributed by atoms with Crippen LogP contribution in [0.1, 0.15) is 33.6 Å². The molecular weight excluding hydrogens is 300 g/mol. The van der Waals surface area contributed by atoms with Crippen LogP contribution in [-0.4, -0.2) is 15.6 Å². The summed E-state index contributed by atoms with van der Waals surface area (Å²) >= 11 is 0. The summed E-state index contributed by atoms with van der Waals surface area (Å²) in [5, 5.41) is 26.2. The zero-order valence-electron chi connectivity index (χ0n) is 13.2. The number of hydrazone groups is 1. The number of hydrogen-bond acceptors (Lipinski definition) is 6. The number of anilines is 1. The van der Waals surface area contributed by atoms with E-state index in [0.717, 1.165) is 30.2 Å². The van der Waals surface area contributed by atoms with E-state index >= 15 is 0 Å². The van der Waals surface area contributed by atoms with Crippen molar-refractivity contribution in [1.29, 1.82) is 0 Å². The third-order valence-electron chi connectivity index (χ3n) is 3.89. The summed E-state index contributed by atoms with van der Waals surface area (Å²) in [5.41, 5.74) is 5.38. The zero-order valence-corrected chi connectivity index (χ0v) is 13.2. The van der Waals surface area contributed by atoms with Gasteiger partial charge in [0.05, 0.1) is 21.6 Å². The summed E-state index contributed by atoms with van der Waals surface area (Å²) in [5.74, 6) is 0.268. The van der Waals surface area contributed by atoms with Crippen molar-refractivity contribution in [1.82, 2.24) is 0 Å². The van der Waals surface area contributed by atoms with Gasteiger partial charge >= 0.3 is 5.69 Å². The minimum absolute atomic E-state index is 0.139. The second-order valence-corrected chi connectivity index (χ2v) is 5.74. The first-order valence-corrected chi connectivity index (χ1v) is 7.24. The molecule has 0 aromatic heterocycles. The molecule has 23 heavy (non-hydrogen) atoms. The van der Waals surface area contributed by atoms with E-state index in [9.17, 15) is 20.2 Å². The Morgan fingerprint density at radius 1 is 1.26 bits per heavy atom. The van der Waals surface area contributed by atoms with Crippen molar-refractivity contribution in [2.24, 2.45) is 11.0 Å². The van der Waals surface area contributed by atoms with E-state index in [-0.39, 0.29) is 23.0 Å². The van der Waals surface area contributed by atoms with E-state index in [2.05, 4.69) is 17.5 Å². The largest absolute Gasteiger partial charge is 0.301 e. The lowest BCUT2D eigenvalue weighted by Gasteiger charge is -2.08. The summed E-state index contributed by atoms with van der Waals surface area (Å²) in [4.78, 5) is 20.5. The smallest absolute Gasteiger partial charge is 0.271 e. The maximum atomic E-state index is 11.1. The van der Waals surface area contributed by atoms with Crippen LogP contribution in [0.3, 0.4) is 0 Å². The molecule has 1 atom stereocenters. The number of nitrogens with one attached hydrogen (secondary N) is 1. The van der Waals surface area contributed by atoms with Gasteiger partial charge in [0.1, 0.15) is 5.69 Å². The molecule has 1 fully saturated rings. The predicted octanol–water partition coefficient (Wildman–Crippen LogP) is 4.04. The van der Waals surface area contributed by atoms with Gasteiger partial charge in [-0.1, -0.05) is 12.5 Å². The van der Waals surface area contributed by atoms with Gasteiger partial charge in [0.25, 0.3) is 5.69 Å². The molecule has 0 saturated heterocycles. The normalized spacial score (nSPS) is 19.0. The van der Waals surface area contributed by atoms with E-state index in [1.807, 2.05) is 13.8 Å². The van der Waals surface area contributed by atoms with Crippen LogP contribution < -0.4 is 5.43 Å². The van der Waals surface area contributed by atoms with Gasteiger partial charge in [0.15, 0.2) is 0 Å². The number of nitro groups is 2. The fraction of sp³-hybridized carbons (Fsp3) is 0.400. The second-order valence-electron chi connectivity index (χ2n) is 5.74. The van der Waals surface area contributed by atoms with Crippen molar-refractivity contribution >= 4 is 22.8 Å². The highest BCUT2D eigenvalue weighted by Crippen LogP contribution is 2.32. The molecule has 1 N–H and O–H groups in total. The number of benzene rings is 1. The Hall–Kier alpha value is -2.77. The molecule has 1 aliphatic rings. The molecule has 0 radical (unpaired) electrons. The van der Waals surface area contributed by atoms with Gasteiger partial charge < -0.3 is 0 Å². The monoisotopic (exact) mass is 318 g/mol. The Kier molecular flexibility index (Phi) is 4.73. The van der Waals surface area contributed by atoms with Gasteiger partial charge in [0, 0.05) is 12.0 Å². The Morgan fingerprint density at radius 2 is 1.96 bits per heavy atom. The molecule has 1 aromatic carbocycles. The van der Waals surface area contributed by atoms with Crippen LogP contribution in [0.15, 0.2) is 34.4 Å². The molecular formula is C15H18N4O4. The molecule has 0 aliphatic heterocycles. The maximum absolute atomic E-state index is 11.1. The van der Waals surface area contributed by atoms with Gasteiger partial charge in [-0.3, -0.25) is 25.7 Å². The van der Waals surface area contributed by atoms with Gasteiger partial charge in [-0.25, -0.2) is 0 Å². The van der Waals surface area contributed by atoms with E-state index in [4.69, 9.17) is 0 Å². The predicted molar refractivity (Wildman–Crippen MR) is 87.6 cm³/mol. The lowest BCUT2D eigenvalue weighted by Crippen LogP contribution is -2.09. The third kappa shape index (κ3) is 3.53. The van der Waals surface area contributed by atoms with Crippen LogP contribution in [-0.2, 0) is 0 Å². The summed E-state index contributed by atoms with van der Waals surface area (Å²) in [6.45, 7) is 6.08. The number of non-ortho nitro benzene ring substituents is 1. The Bertz CT molecular complexity index is 720. The van der Waals surface area contributed by atoms with Crippen LogP contribution in [0.5, 0.6) is 0 Å². The number of nitrogens with zero attached hydrogens (tertiary/aromatic N) is 3. The minimum Gasteiger partial charge on any atom is -0.271 e. The number of rotatable bonds is 4. The molecule has 1 aromatic rings. The molecule has 1 saturated carbocycles. The van der Waals surface area contributed by atoms with Gasteiger partial charge in [0.2, 0.25) is 0 Å². The van der Waals surface area contributed by atoms with Crippen LogP contribution in [0.4, 0.5) is 17.1 Å². The fourth-order valence-electron chi connectivity index (χ4n) is 2.61. The summed E-state index contributed by atoms with van der Waals surface area (Å²) < 4.78 is 0. The standard InChI is InChI=1S/C15H18N4O4/c1-9(2)12-6-4-10(3)15(12)17-16-13-7-5-11(18(20)21)8-14(13)19(22)23/h5,7-8,10,16H,4,6H2,1-3H3. The molecule has 1 unspecified atom stereocenters. The van der Waals surface area contributed by atoms with E-state index in [1.54, 1.807) is 0 Å². The highest BCUT2D eigenvalue weighted by molar-refractivity contribution is 6.04. The van der Waals surface area contributed by atoms with Crippen LogP contribution in [0, 0.1) is 26.1 Å². The van der Waals surface area contributed by atoms with Crippen molar-refractivity contribution in [3.05, 3.63) is 49.6 Å². The first-order chi connectivity index (χ1) is 10.8. The molecule has 1 aliphatic carbocycles. The molecule has 122 valence electrons. The molecule has 0 heterocycles. The molecule has 8 heteroatoms. The van der Waals surface area contributed by atoms with E-state index < -0.39 is 9.85 Å². The topological polar surface area (TPSA) is 111 Å².